The van der Waals surface area contributed by atoms with E-state index in [0.717, 1.165) is 25.1 Å². The molecule has 2 aromatic carbocycles. The lowest BCUT2D eigenvalue weighted by Gasteiger charge is -2.30. The number of carbonyl (C=O) groups excluding carboxylic acids is 1. The number of hydrogen-bond acceptors (Lipinski definition) is 3. The fraction of sp³-hybridized carbons (Fsp3) is 0.250. The minimum atomic E-state index is -0.467. The lowest BCUT2D eigenvalue weighted by molar-refractivity contribution is -0.0143. The predicted octanol–water partition coefficient (Wildman–Crippen LogP) is 2.21. The van der Waals surface area contributed by atoms with E-state index >= 15 is 0 Å². The van der Waals surface area contributed by atoms with Gasteiger partial charge in [-0.05, 0) is 40.0 Å². The van der Waals surface area contributed by atoms with Gasteiger partial charge in [-0.15, -0.1) is 0 Å². The SMILES string of the molecule is NC(=O)c1ccc2c(c1)C1(Cc3ccccc3)OC2C2=C1CNC2. The third-order valence-electron chi connectivity index (χ3n) is 5.48. The summed E-state index contributed by atoms with van der Waals surface area (Å²) in [4.78, 5) is 11.7. The van der Waals surface area contributed by atoms with Crippen LogP contribution in [0.5, 0.6) is 0 Å². The molecule has 3 heterocycles. The molecule has 0 aliphatic carbocycles. The first-order chi connectivity index (χ1) is 11.7. The fourth-order valence-corrected chi connectivity index (χ4v) is 4.43. The highest BCUT2D eigenvalue weighted by atomic mass is 16.5. The Morgan fingerprint density at radius 3 is 2.83 bits per heavy atom. The molecule has 0 saturated heterocycles. The molecule has 3 aliphatic heterocycles. The third kappa shape index (κ3) is 1.72. The summed E-state index contributed by atoms with van der Waals surface area (Å²) in [6.07, 6.45) is 0.788. The summed E-state index contributed by atoms with van der Waals surface area (Å²) in [5.74, 6) is -0.394. The number of hydrogen-bond donors (Lipinski definition) is 2. The Balaban J connectivity index is 1.69. The topological polar surface area (TPSA) is 64.4 Å². The number of primary amides is 1. The Bertz CT molecular complexity index is 888. The molecule has 4 nitrogen and oxygen atoms in total. The number of amides is 1. The van der Waals surface area contributed by atoms with Crippen molar-refractivity contribution in [3.63, 3.8) is 0 Å². The average Bonchev–Trinajstić information content (AvgIpc) is 3.26. The smallest absolute Gasteiger partial charge is 0.248 e. The molecule has 0 fully saturated rings. The highest BCUT2D eigenvalue weighted by Crippen LogP contribution is 2.59. The van der Waals surface area contributed by atoms with Gasteiger partial charge in [-0.1, -0.05) is 36.4 Å². The first-order valence-electron chi connectivity index (χ1n) is 8.28. The van der Waals surface area contributed by atoms with E-state index < -0.39 is 11.5 Å². The molecule has 2 bridgehead atoms. The van der Waals surface area contributed by atoms with Crippen LogP contribution in [-0.4, -0.2) is 19.0 Å². The van der Waals surface area contributed by atoms with Gasteiger partial charge in [0.2, 0.25) is 5.91 Å². The molecule has 3 N–H and O–H groups in total. The molecule has 5 rings (SSSR count). The third-order valence-corrected chi connectivity index (χ3v) is 5.48. The normalized spacial score (nSPS) is 26.6. The fourth-order valence-electron chi connectivity index (χ4n) is 4.43. The Morgan fingerprint density at radius 2 is 2.04 bits per heavy atom. The summed E-state index contributed by atoms with van der Waals surface area (Å²) in [5.41, 5.74) is 11.8. The van der Waals surface area contributed by atoms with E-state index in [4.69, 9.17) is 10.5 Å². The zero-order valence-electron chi connectivity index (χ0n) is 13.2. The van der Waals surface area contributed by atoms with Crippen LogP contribution in [0.4, 0.5) is 0 Å². The zero-order chi connectivity index (χ0) is 16.3. The van der Waals surface area contributed by atoms with Crippen molar-refractivity contribution in [1.82, 2.24) is 5.32 Å². The molecular formula is C20H18N2O2. The molecule has 0 spiro atoms. The van der Waals surface area contributed by atoms with Crippen LogP contribution in [0.15, 0.2) is 59.7 Å². The van der Waals surface area contributed by atoms with Gasteiger partial charge in [-0.2, -0.15) is 0 Å². The van der Waals surface area contributed by atoms with E-state index in [0.29, 0.717) is 5.56 Å². The summed E-state index contributed by atoms with van der Waals surface area (Å²) in [7, 11) is 0. The van der Waals surface area contributed by atoms with E-state index in [2.05, 4.69) is 29.6 Å². The van der Waals surface area contributed by atoms with Gasteiger partial charge in [-0.25, -0.2) is 0 Å². The Labute approximate surface area is 140 Å². The summed E-state index contributed by atoms with van der Waals surface area (Å²) in [5, 5.41) is 3.46. The van der Waals surface area contributed by atoms with Crippen LogP contribution in [0, 0.1) is 0 Å². The maximum atomic E-state index is 11.7. The number of fused-ring (bicyclic) bond motifs is 7. The Hall–Kier alpha value is -2.43. The Morgan fingerprint density at radius 1 is 1.21 bits per heavy atom. The van der Waals surface area contributed by atoms with Crippen molar-refractivity contribution in [2.75, 3.05) is 13.1 Å². The van der Waals surface area contributed by atoms with E-state index in [9.17, 15) is 4.79 Å². The van der Waals surface area contributed by atoms with Gasteiger partial charge >= 0.3 is 0 Å². The van der Waals surface area contributed by atoms with Gasteiger partial charge in [0, 0.05) is 25.1 Å². The summed E-state index contributed by atoms with van der Waals surface area (Å²) in [6, 6.07) is 16.1. The molecule has 120 valence electrons. The second-order valence-corrected chi connectivity index (χ2v) is 6.76. The van der Waals surface area contributed by atoms with Crippen molar-refractivity contribution in [2.24, 2.45) is 5.73 Å². The second kappa shape index (κ2) is 4.79. The van der Waals surface area contributed by atoms with Crippen LogP contribution in [0.25, 0.3) is 0 Å². The van der Waals surface area contributed by atoms with E-state index in [-0.39, 0.29) is 6.10 Å². The standard InChI is InChI=1S/C20H18N2O2/c21-19(23)13-6-7-14-16(8-13)20(9-12-4-2-1-3-5-12)17-11-22-10-15(17)18(14)24-20/h1-8,18,22H,9-11H2,(H2,21,23). The summed E-state index contributed by atoms with van der Waals surface area (Å²) >= 11 is 0. The second-order valence-electron chi connectivity index (χ2n) is 6.76. The van der Waals surface area contributed by atoms with Crippen molar-refractivity contribution in [3.05, 3.63) is 81.9 Å². The first-order valence-corrected chi connectivity index (χ1v) is 8.28. The molecule has 24 heavy (non-hydrogen) atoms. The lowest BCUT2D eigenvalue weighted by atomic mass is 9.75. The highest BCUT2D eigenvalue weighted by molar-refractivity contribution is 5.93. The maximum Gasteiger partial charge on any atom is 0.248 e. The van der Waals surface area contributed by atoms with E-state index in [1.165, 1.54) is 22.3 Å². The van der Waals surface area contributed by atoms with E-state index in [1.807, 2.05) is 24.3 Å². The average molecular weight is 318 g/mol. The lowest BCUT2D eigenvalue weighted by Crippen LogP contribution is -2.32. The summed E-state index contributed by atoms with van der Waals surface area (Å²) < 4.78 is 6.57. The molecule has 0 saturated carbocycles. The molecule has 4 heteroatoms. The monoisotopic (exact) mass is 318 g/mol. The van der Waals surface area contributed by atoms with Gasteiger partial charge < -0.3 is 15.8 Å². The number of nitrogens with one attached hydrogen (secondary N) is 1. The van der Waals surface area contributed by atoms with Crippen LogP contribution in [0.3, 0.4) is 0 Å². The largest absolute Gasteiger partial charge is 0.366 e. The van der Waals surface area contributed by atoms with Crippen molar-refractivity contribution in [1.29, 1.82) is 0 Å². The van der Waals surface area contributed by atoms with Crippen LogP contribution in [-0.2, 0) is 16.8 Å². The van der Waals surface area contributed by atoms with Crippen molar-refractivity contribution in [3.8, 4) is 0 Å². The minimum absolute atomic E-state index is 0.00985. The number of carbonyl (C=O) groups is 1. The molecule has 0 radical (unpaired) electrons. The summed E-state index contributed by atoms with van der Waals surface area (Å²) in [6.45, 7) is 1.73. The van der Waals surface area contributed by atoms with Crippen molar-refractivity contribution < 1.29 is 9.53 Å². The van der Waals surface area contributed by atoms with Crippen molar-refractivity contribution >= 4 is 5.91 Å². The predicted molar refractivity (Wildman–Crippen MR) is 90.5 cm³/mol. The number of ether oxygens (including phenoxy) is 1. The minimum Gasteiger partial charge on any atom is -0.366 e. The molecule has 1 amide bonds. The van der Waals surface area contributed by atoms with Crippen molar-refractivity contribution in [2.45, 2.75) is 18.1 Å². The van der Waals surface area contributed by atoms with Crippen LogP contribution >= 0.6 is 0 Å². The van der Waals surface area contributed by atoms with Crippen LogP contribution in [0.1, 0.15) is 33.2 Å². The highest BCUT2D eigenvalue weighted by Gasteiger charge is 2.56. The van der Waals surface area contributed by atoms with E-state index in [1.54, 1.807) is 0 Å². The number of nitrogens with two attached hydrogens (primary N) is 1. The number of rotatable bonds is 3. The molecule has 2 atom stereocenters. The quantitative estimate of drug-likeness (QED) is 0.853. The molecular weight excluding hydrogens is 300 g/mol. The van der Waals surface area contributed by atoms with Crippen LogP contribution in [0.2, 0.25) is 0 Å². The maximum absolute atomic E-state index is 11.7. The molecule has 0 aromatic heterocycles. The van der Waals surface area contributed by atoms with Crippen LogP contribution < -0.4 is 11.1 Å². The van der Waals surface area contributed by atoms with Gasteiger partial charge in [0.05, 0.1) is 0 Å². The molecule has 2 aromatic rings. The van der Waals surface area contributed by atoms with Gasteiger partial charge in [0.25, 0.3) is 0 Å². The first kappa shape index (κ1) is 14.0. The zero-order valence-corrected chi connectivity index (χ0v) is 13.2. The molecule has 2 unspecified atom stereocenters. The van der Waals surface area contributed by atoms with Gasteiger partial charge in [0.15, 0.2) is 0 Å². The Kier molecular flexibility index (Phi) is 2.78. The molecule has 3 aliphatic rings. The number of benzene rings is 2. The van der Waals surface area contributed by atoms with Gasteiger partial charge in [0.1, 0.15) is 11.7 Å². The van der Waals surface area contributed by atoms with Gasteiger partial charge in [-0.3, -0.25) is 4.79 Å².